The first kappa shape index (κ1) is 26.6. The molecule has 5 rings (SSSR count). The first-order valence-electron chi connectivity index (χ1n) is 14.1. The van der Waals surface area contributed by atoms with Crippen LogP contribution >= 0.6 is 0 Å². The summed E-state index contributed by atoms with van der Waals surface area (Å²) < 4.78 is 0. The molecular weight excluding hydrogens is 456 g/mol. The van der Waals surface area contributed by atoms with Gasteiger partial charge in [-0.05, 0) is 84.9 Å². The van der Waals surface area contributed by atoms with E-state index in [1.807, 2.05) is 6.92 Å². The molecule has 5 N–H and O–H groups in total. The Kier molecular flexibility index (Phi) is 5.77. The van der Waals surface area contributed by atoms with E-state index < -0.39 is 35.1 Å². The highest BCUT2D eigenvalue weighted by atomic mass is 16.4. The predicted octanol–water partition coefficient (Wildman–Crippen LogP) is 4.15. The molecule has 5 aliphatic carbocycles. The number of aliphatic hydroxyl groups is 4. The molecule has 204 valence electrons. The van der Waals surface area contributed by atoms with Crippen molar-refractivity contribution in [1.29, 1.82) is 0 Å². The van der Waals surface area contributed by atoms with Gasteiger partial charge in [-0.2, -0.15) is 0 Å². The van der Waals surface area contributed by atoms with Gasteiger partial charge in [0.2, 0.25) is 0 Å². The summed E-state index contributed by atoms with van der Waals surface area (Å²) in [5.74, 6) is -0.833. The molecule has 6 heteroatoms. The Hall–Kier alpha value is -0.950. The maximum Gasteiger partial charge on any atom is 0.310 e. The number of aliphatic hydroxyl groups excluding tert-OH is 4. The minimum Gasteiger partial charge on any atom is -0.481 e. The highest BCUT2D eigenvalue weighted by molar-refractivity contribution is 5.77. The molecule has 0 aromatic carbocycles. The molecule has 0 amide bonds. The lowest BCUT2D eigenvalue weighted by atomic mass is 9.33. The van der Waals surface area contributed by atoms with E-state index in [1.54, 1.807) is 0 Å². The molecule has 11 atom stereocenters. The van der Waals surface area contributed by atoms with E-state index in [2.05, 4.69) is 40.7 Å². The molecular formula is C30H48O6. The number of carbonyl (C=O) groups is 1. The zero-order chi connectivity index (χ0) is 26.7. The van der Waals surface area contributed by atoms with Crippen LogP contribution in [0.25, 0.3) is 0 Å². The summed E-state index contributed by atoms with van der Waals surface area (Å²) in [5.41, 5.74) is -1.50. The van der Waals surface area contributed by atoms with E-state index in [0.717, 1.165) is 31.3 Å². The van der Waals surface area contributed by atoms with Crippen LogP contribution in [0.3, 0.4) is 0 Å². The van der Waals surface area contributed by atoms with E-state index >= 15 is 0 Å². The summed E-state index contributed by atoms with van der Waals surface area (Å²) in [6, 6.07) is 0. The number of aliphatic carboxylic acids is 1. The second-order valence-corrected chi connectivity index (χ2v) is 15.0. The molecule has 6 nitrogen and oxygen atoms in total. The topological polar surface area (TPSA) is 118 Å². The Labute approximate surface area is 216 Å². The van der Waals surface area contributed by atoms with E-state index in [1.165, 1.54) is 0 Å². The summed E-state index contributed by atoms with van der Waals surface area (Å²) >= 11 is 0. The van der Waals surface area contributed by atoms with Crippen molar-refractivity contribution in [1.82, 2.24) is 0 Å². The van der Waals surface area contributed by atoms with E-state index in [9.17, 15) is 30.3 Å². The Morgan fingerprint density at radius 3 is 2.17 bits per heavy atom. The van der Waals surface area contributed by atoms with Gasteiger partial charge in [0.15, 0.2) is 0 Å². The standard InChI is InChI=1S/C30H48O6/c1-25(2)11-13-30(24(35)36)14-12-28(5)17(21(30)23(25)34)7-8-20-26(3)15-18(32)22(33)27(4,16-31)19(26)9-10-29(20,28)6/h7,18-23,31-34H,8-16H2,1-6H3,(H,35,36)/t18-,19-,20-,21+,22-,23+,26+,27+,28-,29-,30+/m1/s1. The SMILES string of the molecule is CC1(C)CC[C@]2(C(=O)O)CC[C@]3(C)C(=CC[C@@H]4[C@@]5(C)C[C@@H](O)[C@@H](O)[C@@](C)(CO)[C@@H]5CC[C@]43C)[C@H]2[C@@H]1O. The molecule has 4 saturated carbocycles. The number of allylic oxidation sites excluding steroid dienone is 1. The Balaban J connectivity index is 1.63. The highest BCUT2D eigenvalue weighted by Crippen LogP contribution is 2.75. The molecule has 0 heterocycles. The zero-order valence-corrected chi connectivity index (χ0v) is 23.0. The van der Waals surface area contributed by atoms with Crippen molar-refractivity contribution in [3.63, 3.8) is 0 Å². The molecule has 0 aliphatic heterocycles. The summed E-state index contributed by atoms with van der Waals surface area (Å²) in [5, 5.41) is 54.5. The predicted molar refractivity (Wildman–Crippen MR) is 137 cm³/mol. The monoisotopic (exact) mass is 504 g/mol. The van der Waals surface area contributed by atoms with Gasteiger partial charge in [0.05, 0.1) is 30.3 Å². The largest absolute Gasteiger partial charge is 0.481 e. The van der Waals surface area contributed by atoms with Crippen molar-refractivity contribution >= 4 is 5.97 Å². The molecule has 36 heavy (non-hydrogen) atoms. The quantitative estimate of drug-likeness (QED) is 0.361. The average molecular weight is 505 g/mol. The first-order valence-corrected chi connectivity index (χ1v) is 14.1. The summed E-state index contributed by atoms with van der Waals surface area (Å²) in [7, 11) is 0. The second-order valence-electron chi connectivity index (χ2n) is 15.0. The molecule has 0 radical (unpaired) electrons. The minimum atomic E-state index is -0.944. The number of hydrogen-bond acceptors (Lipinski definition) is 5. The third kappa shape index (κ3) is 2.96. The lowest BCUT2D eigenvalue weighted by Crippen LogP contribution is -2.69. The van der Waals surface area contributed by atoms with Crippen LogP contribution in [0.15, 0.2) is 11.6 Å². The maximum atomic E-state index is 12.8. The van der Waals surface area contributed by atoms with Gasteiger partial charge in [0, 0.05) is 11.3 Å². The third-order valence-electron chi connectivity index (χ3n) is 13.4. The second kappa shape index (κ2) is 7.80. The summed E-state index contributed by atoms with van der Waals surface area (Å²) in [6.45, 7) is 12.9. The van der Waals surface area contributed by atoms with Crippen LogP contribution in [0.4, 0.5) is 0 Å². The van der Waals surface area contributed by atoms with Gasteiger partial charge in [0.25, 0.3) is 0 Å². The molecule has 0 bridgehead atoms. The molecule has 5 aliphatic rings. The van der Waals surface area contributed by atoms with Crippen molar-refractivity contribution in [2.45, 2.75) is 111 Å². The van der Waals surface area contributed by atoms with Crippen LogP contribution in [-0.2, 0) is 4.79 Å². The van der Waals surface area contributed by atoms with Crippen molar-refractivity contribution in [3.05, 3.63) is 11.6 Å². The smallest absolute Gasteiger partial charge is 0.310 e. The van der Waals surface area contributed by atoms with Crippen molar-refractivity contribution in [2.24, 2.45) is 50.2 Å². The molecule has 0 saturated heterocycles. The van der Waals surface area contributed by atoms with Crippen LogP contribution in [0, 0.1) is 50.2 Å². The number of fused-ring (bicyclic) bond motifs is 7. The zero-order valence-electron chi connectivity index (χ0n) is 23.0. The van der Waals surface area contributed by atoms with Crippen LogP contribution < -0.4 is 0 Å². The van der Waals surface area contributed by atoms with Gasteiger partial charge in [-0.3, -0.25) is 4.79 Å². The molecule has 0 spiro atoms. The minimum absolute atomic E-state index is 0.0888. The third-order valence-corrected chi connectivity index (χ3v) is 13.4. The van der Waals surface area contributed by atoms with Crippen LogP contribution in [-0.4, -0.2) is 56.4 Å². The average Bonchev–Trinajstić information content (AvgIpc) is 2.80. The number of hydrogen-bond donors (Lipinski definition) is 5. The van der Waals surface area contributed by atoms with Crippen molar-refractivity contribution in [3.8, 4) is 0 Å². The number of rotatable bonds is 2. The van der Waals surface area contributed by atoms with Gasteiger partial charge < -0.3 is 25.5 Å². The molecule has 0 unspecified atom stereocenters. The van der Waals surface area contributed by atoms with Crippen LogP contribution in [0.5, 0.6) is 0 Å². The van der Waals surface area contributed by atoms with Gasteiger partial charge in [-0.15, -0.1) is 0 Å². The fraction of sp³-hybridized carbons (Fsp3) is 0.900. The van der Waals surface area contributed by atoms with Gasteiger partial charge in [0.1, 0.15) is 0 Å². The first-order chi connectivity index (χ1) is 16.5. The van der Waals surface area contributed by atoms with Crippen LogP contribution in [0.2, 0.25) is 0 Å². The van der Waals surface area contributed by atoms with Gasteiger partial charge in [-0.1, -0.05) is 53.2 Å². The van der Waals surface area contributed by atoms with Crippen molar-refractivity contribution in [2.75, 3.05) is 6.61 Å². The normalized spacial score (nSPS) is 55.9. The van der Waals surface area contributed by atoms with E-state index in [-0.39, 0.29) is 46.0 Å². The van der Waals surface area contributed by atoms with Crippen molar-refractivity contribution < 1.29 is 30.3 Å². The van der Waals surface area contributed by atoms with Gasteiger partial charge >= 0.3 is 5.97 Å². The number of carboxylic acid groups (broad SMARTS) is 1. The highest BCUT2D eigenvalue weighted by Gasteiger charge is 2.71. The van der Waals surface area contributed by atoms with E-state index in [0.29, 0.717) is 25.7 Å². The molecule has 0 aromatic rings. The van der Waals surface area contributed by atoms with E-state index in [4.69, 9.17) is 0 Å². The Bertz CT molecular complexity index is 974. The Morgan fingerprint density at radius 1 is 0.917 bits per heavy atom. The summed E-state index contributed by atoms with van der Waals surface area (Å²) in [4.78, 5) is 12.8. The maximum absolute atomic E-state index is 12.8. The van der Waals surface area contributed by atoms with Gasteiger partial charge in [-0.25, -0.2) is 0 Å². The van der Waals surface area contributed by atoms with Crippen LogP contribution in [0.1, 0.15) is 92.9 Å². The lowest BCUT2D eigenvalue weighted by Gasteiger charge is -2.71. The lowest BCUT2D eigenvalue weighted by molar-refractivity contribution is -0.245. The number of carboxylic acids is 1. The molecule has 0 aromatic heterocycles. The summed E-state index contributed by atoms with van der Waals surface area (Å²) in [6.07, 6.45) is 5.48. The Morgan fingerprint density at radius 2 is 1.56 bits per heavy atom. The fourth-order valence-electron chi connectivity index (χ4n) is 10.8. The molecule has 4 fully saturated rings. The fourth-order valence-corrected chi connectivity index (χ4v) is 10.8.